The van der Waals surface area contributed by atoms with Crippen LogP contribution in [0.5, 0.6) is 0 Å². The number of hydrogen-bond acceptors (Lipinski definition) is 2. The summed E-state index contributed by atoms with van der Waals surface area (Å²) in [6.07, 6.45) is 1.74. The van der Waals surface area contributed by atoms with Crippen LogP contribution in [0.25, 0.3) is 0 Å². The van der Waals surface area contributed by atoms with Crippen molar-refractivity contribution in [1.29, 1.82) is 0 Å². The number of carbonyl (C=O) groups excluding carboxylic acids is 1. The van der Waals surface area contributed by atoms with Gasteiger partial charge in [0, 0.05) is 6.54 Å². The smallest absolute Gasteiger partial charge is 0.236 e. The van der Waals surface area contributed by atoms with Crippen LogP contribution in [-0.2, 0) is 10.2 Å². The van der Waals surface area contributed by atoms with Gasteiger partial charge in [-0.2, -0.15) is 0 Å². The molecule has 1 fully saturated rings. The number of para-hydroxylation sites is 1. The predicted molar refractivity (Wildman–Crippen MR) is 58.8 cm³/mol. The second kappa shape index (κ2) is 3.28. The Kier molecular flexibility index (Phi) is 2.01. The van der Waals surface area contributed by atoms with E-state index in [4.69, 9.17) is 0 Å². The number of halogens is 1. The zero-order valence-electron chi connectivity index (χ0n) is 8.85. The molecule has 1 aromatic carbocycles. The highest BCUT2D eigenvalue weighted by Crippen LogP contribution is 2.42. The largest absolute Gasteiger partial charge is 0.323 e. The van der Waals surface area contributed by atoms with Crippen molar-refractivity contribution in [1.82, 2.24) is 5.32 Å². The fraction of sp³-hybridized carbons (Fsp3) is 0.417. The van der Waals surface area contributed by atoms with Gasteiger partial charge >= 0.3 is 0 Å². The van der Waals surface area contributed by atoms with Gasteiger partial charge in [0.2, 0.25) is 5.91 Å². The summed E-state index contributed by atoms with van der Waals surface area (Å²) in [6, 6.07) is 4.91. The molecule has 0 aromatic heterocycles. The van der Waals surface area contributed by atoms with E-state index in [-0.39, 0.29) is 11.7 Å². The molecule has 4 heteroatoms. The van der Waals surface area contributed by atoms with Gasteiger partial charge in [-0.3, -0.25) is 4.79 Å². The lowest BCUT2D eigenvalue weighted by Crippen LogP contribution is -2.47. The van der Waals surface area contributed by atoms with E-state index < -0.39 is 5.41 Å². The van der Waals surface area contributed by atoms with Gasteiger partial charge in [-0.05, 0) is 31.0 Å². The lowest BCUT2D eigenvalue weighted by atomic mass is 9.76. The molecule has 2 N–H and O–H groups in total. The van der Waals surface area contributed by atoms with Crippen LogP contribution in [0, 0.1) is 5.82 Å². The number of carbonyl (C=O) groups is 1. The summed E-state index contributed by atoms with van der Waals surface area (Å²) >= 11 is 0. The van der Waals surface area contributed by atoms with Crippen molar-refractivity contribution in [2.75, 3.05) is 18.4 Å². The van der Waals surface area contributed by atoms with Crippen molar-refractivity contribution in [2.24, 2.45) is 0 Å². The number of amides is 1. The fourth-order valence-electron chi connectivity index (χ4n) is 2.73. The summed E-state index contributed by atoms with van der Waals surface area (Å²) in [6.45, 7) is 1.54. The molecular formula is C12H13FN2O. The Morgan fingerprint density at radius 3 is 3.00 bits per heavy atom. The van der Waals surface area contributed by atoms with Gasteiger partial charge in [-0.15, -0.1) is 0 Å². The molecule has 0 bridgehead atoms. The molecule has 1 amide bonds. The molecule has 2 aliphatic rings. The maximum atomic E-state index is 13.6. The number of rotatable bonds is 0. The van der Waals surface area contributed by atoms with E-state index >= 15 is 0 Å². The summed E-state index contributed by atoms with van der Waals surface area (Å²) in [5.74, 6) is -0.409. The molecule has 1 atom stereocenters. The lowest BCUT2D eigenvalue weighted by molar-refractivity contribution is -0.121. The van der Waals surface area contributed by atoms with E-state index in [9.17, 15) is 9.18 Å². The van der Waals surface area contributed by atoms with Crippen LogP contribution in [-0.4, -0.2) is 19.0 Å². The van der Waals surface area contributed by atoms with E-state index in [1.807, 2.05) is 6.07 Å². The third-order valence-corrected chi connectivity index (χ3v) is 3.59. The minimum atomic E-state index is -0.546. The van der Waals surface area contributed by atoms with Crippen LogP contribution in [0.4, 0.5) is 10.1 Å². The SMILES string of the molecule is O=C1Nc2c(F)cccc2C12CCCNC2. The van der Waals surface area contributed by atoms with E-state index in [1.165, 1.54) is 6.07 Å². The minimum absolute atomic E-state index is 0.0696. The first kappa shape index (κ1) is 9.78. The third-order valence-electron chi connectivity index (χ3n) is 3.59. The number of nitrogens with one attached hydrogen (secondary N) is 2. The maximum absolute atomic E-state index is 13.6. The van der Waals surface area contributed by atoms with Crippen molar-refractivity contribution in [3.8, 4) is 0 Å². The molecule has 0 aliphatic carbocycles. The van der Waals surface area contributed by atoms with Crippen molar-refractivity contribution in [3.63, 3.8) is 0 Å². The van der Waals surface area contributed by atoms with Crippen LogP contribution >= 0.6 is 0 Å². The molecule has 84 valence electrons. The molecule has 1 saturated heterocycles. The highest BCUT2D eigenvalue weighted by Gasteiger charge is 2.48. The fourth-order valence-corrected chi connectivity index (χ4v) is 2.73. The Hall–Kier alpha value is -1.42. The molecule has 2 heterocycles. The van der Waals surface area contributed by atoms with E-state index in [0.717, 1.165) is 24.9 Å². The van der Waals surface area contributed by atoms with Crippen LogP contribution in [0.2, 0.25) is 0 Å². The quantitative estimate of drug-likeness (QED) is 0.694. The first-order chi connectivity index (χ1) is 7.74. The van der Waals surface area contributed by atoms with Gasteiger partial charge in [-0.1, -0.05) is 12.1 Å². The van der Waals surface area contributed by atoms with Crippen LogP contribution in [0.15, 0.2) is 18.2 Å². The number of benzene rings is 1. The first-order valence-electron chi connectivity index (χ1n) is 5.55. The monoisotopic (exact) mass is 220 g/mol. The second-order valence-electron chi connectivity index (χ2n) is 4.48. The number of fused-ring (bicyclic) bond motifs is 2. The number of piperidine rings is 1. The number of hydrogen-bond donors (Lipinski definition) is 2. The van der Waals surface area contributed by atoms with Crippen molar-refractivity contribution in [2.45, 2.75) is 18.3 Å². The first-order valence-corrected chi connectivity index (χ1v) is 5.55. The van der Waals surface area contributed by atoms with Gasteiger partial charge in [-0.25, -0.2) is 4.39 Å². The Morgan fingerprint density at radius 1 is 1.38 bits per heavy atom. The summed E-state index contributed by atoms with van der Waals surface area (Å²) in [7, 11) is 0. The average molecular weight is 220 g/mol. The molecule has 0 radical (unpaired) electrons. The molecule has 16 heavy (non-hydrogen) atoms. The molecular weight excluding hydrogens is 207 g/mol. The van der Waals surface area contributed by atoms with Crippen LogP contribution in [0.1, 0.15) is 18.4 Å². The van der Waals surface area contributed by atoms with Gasteiger partial charge in [0.15, 0.2) is 0 Å². The van der Waals surface area contributed by atoms with Crippen molar-refractivity contribution >= 4 is 11.6 Å². The standard InChI is InChI=1S/C12H13FN2O/c13-9-4-1-3-8-10(9)15-11(16)12(8)5-2-6-14-7-12/h1,3-4,14H,2,5-7H2,(H,15,16). The summed E-state index contributed by atoms with van der Waals surface area (Å²) in [5, 5.41) is 5.90. The van der Waals surface area contributed by atoms with E-state index in [1.54, 1.807) is 6.07 Å². The topological polar surface area (TPSA) is 41.1 Å². The average Bonchev–Trinajstić information content (AvgIpc) is 2.57. The van der Waals surface area contributed by atoms with Crippen LogP contribution in [0.3, 0.4) is 0 Å². The highest BCUT2D eigenvalue weighted by atomic mass is 19.1. The van der Waals surface area contributed by atoms with Gasteiger partial charge in [0.05, 0.1) is 11.1 Å². The highest BCUT2D eigenvalue weighted by molar-refractivity contribution is 6.06. The molecule has 1 unspecified atom stereocenters. The minimum Gasteiger partial charge on any atom is -0.323 e. The van der Waals surface area contributed by atoms with E-state index in [0.29, 0.717) is 12.2 Å². The second-order valence-corrected chi connectivity index (χ2v) is 4.48. The Balaban J connectivity index is 2.15. The predicted octanol–water partition coefficient (Wildman–Crippen LogP) is 1.40. The van der Waals surface area contributed by atoms with Crippen molar-refractivity contribution in [3.05, 3.63) is 29.6 Å². The van der Waals surface area contributed by atoms with Gasteiger partial charge < -0.3 is 10.6 Å². The molecule has 3 rings (SSSR count). The van der Waals surface area contributed by atoms with Crippen molar-refractivity contribution < 1.29 is 9.18 Å². The summed E-state index contributed by atoms with van der Waals surface area (Å²) < 4.78 is 13.6. The number of anilines is 1. The zero-order valence-corrected chi connectivity index (χ0v) is 8.85. The maximum Gasteiger partial charge on any atom is 0.236 e. The lowest BCUT2D eigenvalue weighted by Gasteiger charge is -2.31. The van der Waals surface area contributed by atoms with Gasteiger partial charge in [0.25, 0.3) is 0 Å². The molecule has 1 aromatic rings. The summed E-state index contributed by atoms with van der Waals surface area (Å²) in [5.41, 5.74) is 0.635. The Morgan fingerprint density at radius 2 is 2.25 bits per heavy atom. The van der Waals surface area contributed by atoms with Gasteiger partial charge in [0.1, 0.15) is 5.82 Å². The molecule has 0 saturated carbocycles. The van der Waals surface area contributed by atoms with E-state index in [2.05, 4.69) is 10.6 Å². The Bertz CT molecular complexity index is 452. The third kappa shape index (κ3) is 1.13. The summed E-state index contributed by atoms with van der Waals surface area (Å²) in [4.78, 5) is 12.0. The zero-order chi connectivity index (χ0) is 11.2. The molecule has 3 nitrogen and oxygen atoms in total. The molecule has 1 spiro atoms. The normalized spacial score (nSPS) is 27.9. The van der Waals surface area contributed by atoms with Crippen LogP contribution < -0.4 is 10.6 Å². The molecule has 2 aliphatic heterocycles. The Labute approximate surface area is 93.0 Å².